The van der Waals surface area contributed by atoms with Crippen molar-refractivity contribution in [1.82, 2.24) is 0 Å². The molecule has 0 aromatic heterocycles. The van der Waals surface area contributed by atoms with Gasteiger partial charge in [-0.1, -0.05) is 36.7 Å². The molecule has 2 N–H and O–H groups in total. The Morgan fingerprint density at radius 2 is 2.11 bits per heavy atom. The van der Waals surface area contributed by atoms with E-state index in [9.17, 15) is 4.79 Å². The summed E-state index contributed by atoms with van der Waals surface area (Å²) < 4.78 is 0. The highest BCUT2D eigenvalue weighted by atomic mass is 16.4. The van der Waals surface area contributed by atoms with E-state index in [0.29, 0.717) is 17.3 Å². The summed E-state index contributed by atoms with van der Waals surface area (Å²) in [4.78, 5) is 12.3. The molecular formula is C15H20N2O2. The Bertz CT molecular complexity index is 497. The van der Waals surface area contributed by atoms with Gasteiger partial charge >= 0.3 is 0 Å². The minimum absolute atomic E-state index is 0.0724. The summed E-state index contributed by atoms with van der Waals surface area (Å²) >= 11 is 0. The lowest BCUT2D eigenvalue weighted by atomic mass is 9.97. The van der Waals surface area contributed by atoms with Crippen molar-refractivity contribution in [3.63, 3.8) is 0 Å². The third-order valence-corrected chi connectivity index (χ3v) is 3.92. The molecule has 1 aromatic carbocycles. The smallest absolute Gasteiger partial charge is 0.227 e. The molecule has 4 heteroatoms. The van der Waals surface area contributed by atoms with Gasteiger partial charge in [-0.25, -0.2) is 0 Å². The first kappa shape index (κ1) is 13.6. The van der Waals surface area contributed by atoms with E-state index in [4.69, 9.17) is 5.21 Å². The quantitative estimate of drug-likeness (QED) is 0.498. The number of carbonyl (C=O) groups is 1. The predicted octanol–water partition coefficient (Wildman–Crippen LogP) is 3.26. The van der Waals surface area contributed by atoms with Gasteiger partial charge in [0.15, 0.2) is 0 Å². The number of nitrogens with one attached hydrogen (secondary N) is 1. The van der Waals surface area contributed by atoms with Gasteiger partial charge in [0.25, 0.3) is 0 Å². The highest BCUT2D eigenvalue weighted by Gasteiger charge is 2.29. The van der Waals surface area contributed by atoms with Crippen LogP contribution in [0.1, 0.15) is 38.7 Å². The lowest BCUT2D eigenvalue weighted by Gasteiger charge is -2.16. The van der Waals surface area contributed by atoms with Crippen LogP contribution in [0.2, 0.25) is 0 Å². The number of rotatable bonds is 3. The fourth-order valence-electron chi connectivity index (χ4n) is 2.72. The lowest BCUT2D eigenvalue weighted by molar-refractivity contribution is -0.120. The Hall–Kier alpha value is -1.84. The zero-order valence-electron chi connectivity index (χ0n) is 11.4. The van der Waals surface area contributed by atoms with Crippen molar-refractivity contribution in [1.29, 1.82) is 0 Å². The van der Waals surface area contributed by atoms with E-state index in [2.05, 4.69) is 17.4 Å². The summed E-state index contributed by atoms with van der Waals surface area (Å²) in [6.07, 6.45) is 3.21. The Morgan fingerprint density at radius 1 is 1.37 bits per heavy atom. The van der Waals surface area contributed by atoms with E-state index in [1.165, 1.54) is 0 Å². The largest absolute Gasteiger partial charge is 0.411 e. The van der Waals surface area contributed by atoms with Gasteiger partial charge in [-0.3, -0.25) is 4.79 Å². The first-order valence-corrected chi connectivity index (χ1v) is 6.72. The van der Waals surface area contributed by atoms with Gasteiger partial charge < -0.3 is 10.5 Å². The molecule has 0 heterocycles. The molecule has 2 unspecified atom stereocenters. The molecule has 1 amide bonds. The van der Waals surface area contributed by atoms with Gasteiger partial charge in [0.2, 0.25) is 5.91 Å². The summed E-state index contributed by atoms with van der Waals surface area (Å²) in [5.41, 5.74) is 1.96. The highest BCUT2D eigenvalue weighted by molar-refractivity contribution is 6.06. The van der Waals surface area contributed by atoms with Crippen LogP contribution < -0.4 is 5.32 Å². The Labute approximate surface area is 113 Å². The highest BCUT2D eigenvalue weighted by Crippen LogP contribution is 2.32. The minimum Gasteiger partial charge on any atom is -0.411 e. The van der Waals surface area contributed by atoms with E-state index in [-0.39, 0.29) is 11.8 Å². The van der Waals surface area contributed by atoms with Gasteiger partial charge in [0, 0.05) is 17.2 Å². The Morgan fingerprint density at radius 3 is 2.74 bits per heavy atom. The summed E-state index contributed by atoms with van der Waals surface area (Å²) in [5, 5.41) is 15.0. The maximum atomic E-state index is 12.3. The second-order valence-corrected chi connectivity index (χ2v) is 5.23. The number of hydrogen-bond acceptors (Lipinski definition) is 3. The number of benzene rings is 1. The third kappa shape index (κ3) is 2.95. The number of nitrogens with zero attached hydrogens (tertiary/aromatic N) is 1. The van der Waals surface area contributed by atoms with Gasteiger partial charge in [-0.05, 0) is 31.7 Å². The molecule has 2 atom stereocenters. The summed E-state index contributed by atoms with van der Waals surface area (Å²) in [5.74, 6) is 0.613. The van der Waals surface area contributed by atoms with Crippen molar-refractivity contribution >= 4 is 17.3 Å². The van der Waals surface area contributed by atoms with Gasteiger partial charge in [0.05, 0.1) is 5.71 Å². The SMILES string of the molecule is C/C(=N\O)c1ccccc1NC(=O)C1CCCC1C. The number of anilines is 1. The van der Waals surface area contributed by atoms with Crippen LogP contribution in [0, 0.1) is 11.8 Å². The normalized spacial score (nSPS) is 23.4. The monoisotopic (exact) mass is 260 g/mol. The number of amides is 1. The second kappa shape index (κ2) is 5.87. The first-order chi connectivity index (χ1) is 9.13. The van der Waals surface area contributed by atoms with Crippen molar-refractivity contribution in [2.75, 3.05) is 5.32 Å². The lowest BCUT2D eigenvalue weighted by Crippen LogP contribution is -2.25. The molecule has 0 aliphatic heterocycles. The second-order valence-electron chi connectivity index (χ2n) is 5.23. The Kier molecular flexibility index (Phi) is 4.20. The molecule has 1 aliphatic rings. The molecule has 1 aliphatic carbocycles. The summed E-state index contributed by atoms with van der Waals surface area (Å²) in [7, 11) is 0. The standard InChI is InChI=1S/C15H20N2O2/c1-10-6-5-8-12(10)15(18)16-14-9-4-3-7-13(14)11(2)17-19/h3-4,7,9-10,12,19H,5-6,8H2,1-2H3,(H,16,18)/b17-11+. The van der Waals surface area contributed by atoms with E-state index >= 15 is 0 Å². The minimum atomic E-state index is 0.0724. The van der Waals surface area contributed by atoms with Crippen LogP contribution in [0.15, 0.2) is 29.4 Å². The molecule has 0 bridgehead atoms. The van der Waals surface area contributed by atoms with Crippen LogP contribution in [0.5, 0.6) is 0 Å². The van der Waals surface area contributed by atoms with Crippen LogP contribution in [-0.4, -0.2) is 16.8 Å². The number of oxime groups is 1. The molecular weight excluding hydrogens is 240 g/mol. The third-order valence-electron chi connectivity index (χ3n) is 3.92. The first-order valence-electron chi connectivity index (χ1n) is 6.72. The van der Waals surface area contributed by atoms with E-state index in [1.54, 1.807) is 6.92 Å². The molecule has 4 nitrogen and oxygen atoms in total. The summed E-state index contributed by atoms with van der Waals surface area (Å²) in [6.45, 7) is 3.84. The fourth-order valence-corrected chi connectivity index (χ4v) is 2.72. The molecule has 0 saturated heterocycles. The van der Waals surface area contributed by atoms with E-state index < -0.39 is 0 Å². The molecule has 102 valence electrons. The molecule has 1 fully saturated rings. The maximum absolute atomic E-state index is 12.3. The van der Waals surface area contributed by atoms with Crippen molar-refractivity contribution in [2.24, 2.45) is 17.0 Å². The molecule has 0 radical (unpaired) electrons. The number of para-hydroxylation sites is 1. The van der Waals surface area contributed by atoms with Crippen molar-refractivity contribution in [3.8, 4) is 0 Å². The van der Waals surface area contributed by atoms with Crippen LogP contribution in [0.25, 0.3) is 0 Å². The van der Waals surface area contributed by atoms with Crippen LogP contribution in [-0.2, 0) is 4.79 Å². The zero-order chi connectivity index (χ0) is 13.8. The average molecular weight is 260 g/mol. The molecule has 0 spiro atoms. The number of carbonyl (C=O) groups excluding carboxylic acids is 1. The summed E-state index contributed by atoms with van der Waals surface area (Å²) in [6, 6.07) is 7.39. The maximum Gasteiger partial charge on any atom is 0.227 e. The topological polar surface area (TPSA) is 61.7 Å². The zero-order valence-corrected chi connectivity index (χ0v) is 11.4. The molecule has 1 aromatic rings. The van der Waals surface area contributed by atoms with Crippen LogP contribution in [0.3, 0.4) is 0 Å². The number of hydrogen-bond donors (Lipinski definition) is 2. The predicted molar refractivity (Wildman–Crippen MR) is 75.6 cm³/mol. The van der Waals surface area contributed by atoms with E-state index in [1.807, 2.05) is 24.3 Å². The average Bonchev–Trinajstić information content (AvgIpc) is 2.85. The van der Waals surface area contributed by atoms with Crippen LogP contribution >= 0.6 is 0 Å². The molecule has 2 rings (SSSR count). The van der Waals surface area contributed by atoms with Crippen LogP contribution in [0.4, 0.5) is 5.69 Å². The fraction of sp³-hybridized carbons (Fsp3) is 0.467. The van der Waals surface area contributed by atoms with Crippen molar-refractivity contribution in [3.05, 3.63) is 29.8 Å². The van der Waals surface area contributed by atoms with Gasteiger partial charge in [-0.15, -0.1) is 0 Å². The Balaban J connectivity index is 2.17. The van der Waals surface area contributed by atoms with Crippen molar-refractivity contribution < 1.29 is 10.0 Å². The van der Waals surface area contributed by atoms with Crippen molar-refractivity contribution in [2.45, 2.75) is 33.1 Å². The molecule has 19 heavy (non-hydrogen) atoms. The molecule has 1 saturated carbocycles. The van der Waals surface area contributed by atoms with Gasteiger partial charge in [-0.2, -0.15) is 0 Å². The van der Waals surface area contributed by atoms with Gasteiger partial charge in [0.1, 0.15) is 0 Å². The van der Waals surface area contributed by atoms with E-state index in [0.717, 1.165) is 24.8 Å².